The van der Waals surface area contributed by atoms with E-state index < -0.39 is 0 Å². The van der Waals surface area contributed by atoms with Crippen molar-refractivity contribution >= 4 is 5.91 Å². The number of carbonyl (C=O) groups excluding carboxylic acids is 1. The van der Waals surface area contributed by atoms with Gasteiger partial charge < -0.3 is 15.8 Å². The standard InChI is InChI=1S/C13H20N2O2/c1-9-6-11(4-5-12(9)17-3)8-15-10(2)7-13(14)16/h4-6,10,15H,7-8H2,1-3H3,(H2,14,16). The molecule has 0 spiro atoms. The number of aryl methyl sites for hydroxylation is 1. The smallest absolute Gasteiger partial charge is 0.218 e. The molecule has 0 heterocycles. The largest absolute Gasteiger partial charge is 0.496 e. The highest BCUT2D eigenvalue weighted by molar-refractivity contribution is 5.74. The number of nitrogens with one attached hydrogen (secondary N) is 1. The molecule has 1 amide bonds. The summed E-state index contributed by atoms with van der Waals surface area (Å²) in [5, 5.41) is 3.25. The van der Waals surface area contributed by atoms with Crippen molar-refractivity contribution in [1.29, 1.82) is 0 Å². The lowest BCUT2D eigenvalue weighted by Crippen LogP contribution is -2.30. The Morgan fingerprint density at radius 2 is 2.24 bits per heavy atom. The van der Waals surface area contributed by atoms with Gasteiger partial charge in [0.1, 0.15) is 5.75 Å². The van der Waals surface area contributed by atoms with Gasteiger partial charge in [-0.3, -0.25) is 4.79 Å². The van der Waals surface area contributed by atoms with E-state index in [0.29, 0.717) is 6.42 Å². The molecular weight excluding hydrogens is 216 g/mol. The predicted octanol–water partition coefficient (Wildman–Crippen LogP) is 1.36. The number of hydrogen-bond donors (Lipinski definition) is 2. The molecule has 1 unspecified atom stereocenters. The van der Waals surface area contributed by atoms with Crippen LogP contribution >= 0.6 is 0 Å². The number of methoxy groups -OCH3 is 1. The van der Waals surface area contributed by atoms with Gasteiger partial charge in [-0.15, -0.1) is 0 Å². The topological polar surface area (TPSA) is 64.3 Å². The van der Waals surface area contributed by atoms with Crippen LogP contribution in [0.25, 0.3) is 0 Å². The van der Waals surface area contributed by atoms with Crippen molar-refractivity contribution in [2.75, 3.05) is 7.11 Å². The lowest BCUT2D eigenvalue weighted by molar-refractivity contribution is -0.118. The third-order valence-electron chi connectivity index (χ3n) is 2.62. The average Bonchev–Trinajstić information content (AvgIpc) is 2.25. The van der Waals surface area contributed by atoms with E-state index in [1.807, 2.05) is 26.0 Å². The van der Waals surface area contributed by atoms with Gasteiger partial charge in [-0.05, 0) is 31.0 Å². The number of rotatable bonds is 6. The quantitative estimate of drug-likeness (QED) is 0.783. The molecule has 1 rings (SSSR count). The fourth-order valence-corrected chi connectivity index (χ4v) is 1.72. The molecular formula is C13H20N2O2. The predicted molar refractivity (Wildman–Crippen MR) is 67.8 cm³/mol. The van der Waals surface area contributed by atoms with E-state index in [4.69, 9.17) is 10.5 Å². The Balaban J connectivity index is 2.52. The minimum Gasteiger partial charge on any atom is -0.496 e. The molecule has 0 bridgehead atoms. The van der Waals surface area contributed by atoms with Gasteiger partial charge in [-0.2, -0.15) is 0 Å². The first-order valence-corrected chi connectivity index (χ1v) is 5.68. The number of amides is 1. The molecule has 17 heavy (non-hydrogen) atoms. The van der Waals surface area contributed by atoms with Crippen LogP contribution in [-0.2, 0) is 11.3 Å². The van der Waals surface area contributed by atoms with Crippen LogP contribution in [0.3, 0.4) is 0 Å². The Morgan fingerprint density at radius 3 is 2.76 bits per heavy atom. The molecule has 0 saturated carbocycles. The summed E-state index contributed by atoms with van der Waals surface area (Å²) in [4.78, 5) is 10.7. The Hall–Kier alpha value is -1.55. The summed E-state index contributed by atoms with van der Waals surface area (Å²) in [7, 11) is 1.66. The van der Waals surface area contributed by atoms with E-state index in [9.17, 15) is 4.79 Å². The van der Waals surface area contributed by atoms with E-state index in [0.717, 1.165) is 17.9 Å². The molecule has 1 aromatic carbocycles. The normalized spacial score (nSPS) is 12.2. The number of benzene rings is 1. The average molecular weight is 236 g/mol. The van der Waals surface area contributed by atoms with Gasteiger partial charge in [0, 0.05) is 19.0 Å². The van der Waals surface area contributed by atoms with Crippen molar-refractivity contribution in [1.82, 2.24) is 5.32 Å². The van der Waals surface area contributed by atoms with Crippen LogP contribution in [0.4, 0.5) is 0 Å². The molecule has 3 N–H and O–H groups in total. The fourth-order valence-electron chi connectivity index (χ4n) is 1.72. The molecule has 0 fully saturated rings. The van der Waals surface area contributed by atoms with Crippen LogP contribution in [0.15, 0.2) is 18.2 Å². The molecule has 0 aliphatic rings. The second kappa shape index (κ2) is 6.25. The molecule has 0 aliphatic heterocycles. The van der Waals surface area contributed by atoms with E-state index in [1.165, 1.54) is 5.56 Å². The van der Waals surface area contributed by atoms with Crippen molar-refractivity contribution < 1.29 is 9.53 Å². The van der Waals surface area contributed by atoms with E-state index in [1.54, 1.807) is 7.11 Å². The van der Waals surface area contributed by atoms with Gasteiger partial charge in [-0.1, -0.05) is 12.1 Å². The first-order valence-electron chi connectivity index (χ1n) is 5.68. The first-order chi connectivity index (χ1) is 8.02. The second-order valence-corrected chi connectivity index (χ2v) is 4.26. The number of hydrogen-bond acceptors (Lipinski definition) is 3. The van der Waals surface area contributed by atoms with Crippen molar-refractivity contribution in [3.8, 4) is 5.75 Å². The highest BCUT2D eigenvalue weighted by Crippen LogP contribution is 2.18. The van der Waals surface area contributed by atoms with Crippen LogP contribution < -0.4 is 15.8 Å². The van der Waals surface area contributed by atoms with E-state index >= 15 is 0 Å². The number of carbonyl (C=O) groups is 1. The highest BCUT2D eigenvalue weighted by atomic mass is 16.5. The van der Waals surface area contributed by atoms with Crippen LogP contribution in [0.1, 0.15) is 24.5 Å². The highest BCUT2D eigenvalue weighted by Gasteiger charge is 2.06. The summed E-state index contributed by atoms with van der Waals surface area (Å²) in [5.74, 6) is 0.606. The number of primary amides is 1. The molecule has 0 aromatic heterocycles. The zero-order chi connectivity index (χ0) is 12.8. The SMILES string of the molecule is COc1ccc(CNC(C)CC(N)=O)cc1C. The summed E-state index contributed by atoms with van der Waals surface area (Å²) in [6.45, 7) is 4.68. The van der Waals surface area contributed by atoms with E-state index in [-0.39, 0.29) is 11.9 Å². The molecule has 0 aliphatic carbocycles. The molecule has 0 radical (unpaired) electrons. The van der Waals surface area contributed by atoms with Crippen molar-refractivity contribution in [2.45, 2.75) is 32.9 Å². The maximum atomic E-state index is 10.7. The lowest BCUT2D eigenvalue weighted by Gasteiger charge is -2.13. The summed E-state index contributed by atoms with van der Waals surface area (Å²) in [5.41, 5.74) is 7.40. The van der Waals surface area contributed by atoms with Gasteiger partial charge in [0.25, 0.3) is 0 Å². The molecule has 1 atom stereocenters. The minimum atomic E-state index is -0.282. The minimum absolute atomic E-state index is 0.0925. The molecule has 94 valence electrons. The number of nitrogens with two attached hydrogens (primary N) is 1. The van der Waals surface area contributed by atoms with Crippen molar-refractivity contribution in [2.24, 2.45) is 5.73 Å². The monoisotopic (exact) mass is 236 g/mol. The number of ether oxygens (including phenoxy) is 1. The summed E-state index contributed by atoms with van der Waals surface area (Å²) in [6, 6.07) is 6.12. The van der Waals surface area contributed by atoms with Crippen LogP contribution in [0, 0.1) is 6.92 Å². The lowest BCUT2D eigenvalue weighted by atomic mass is 10.1. The summed E-state index contributed by atoms with van der Waals surface area (Å²) in [6.07, 6.45) is 0.356. The zero-order valence-electron chi connectivity index (χ0n) is 10.6. The van der Waals surface area contributed by atoms with Crippen LogP contribution in [0.2, 0.25) is 0 Å². The maximum Gasteiger partial charge on any atom is 0.218 e. The zero-order valence-corrected chi connectivity index (χ0v) is 10.6. The van der Waals surface area contributed by atoms with Gasteiger partial charge in [0.05, 0.1) is 7.11 Å². The Bertz CT molecular complexity index is 391. The van der Waals surface area contributed by atoms with Crippen molar-refractivity contribution in [3.63, 3.8) is 0 Å². The maximum absolute atomic E-state index is 10.7. The third-order valence-corrected chi connectivity index (χ3v) is 2.62. The van der Waals surface area contributed by atoms with Crippen LogP contribution in [0.5, 0.6) is 5.75 Å². The Morgan fingerprint density at radius 1 is 1.53 bits per heavy atom. The first kappa shape index (κ1) is 13.5. The van der Waals surface area contributed by atoms with Gasteiger partial charge in [0.15, 0.2) is 0 Å². The van der Waals surface area contributed by atoms with Crippen molar-refractivity contribution in [3.05, 3.63) is 29.3 Å². The second-order valence-electron chi connectivity index (χ2n) is 4.26. The molecule has 4 heteroatoms. The Labute approximate surface area is 102 Å². The van der Waals surface area contributed by atoms with Gasteiger partial charge >= 0.3 is 0 Å². The summed E-state index contributed by atoms with van der Waals surface area (Å²) >= 11 is 0. The molecule has 1 aromatic rings. The fraction of sp³-hybridized carbons (Fsp3) is 0.462. The van der Waals surface area contributed by atoms with E-state index in [2.05, 4.69) is 11.4 Å². The van der Waals surface area contributed by atoms with Gasteiger partial charge in [-0.25, -0.2) is 0 Å². The molecule has 4 nitrogen and oxygen atoms in total. The van der Waals surface area contributed by atoms with Gasteiger partial charge in [0.2, 0.25) is 5.91 Å². The Kier molecular flexibility index (Phi) is 4.97. The third kappa shape index (κ3) is 4.44. The summed E-state index contributed by atoms with van der Waals surface area (Å²) < 4.78 is 5.20. The molecule has 0 saturated heterocycles. The van der Waals surface area contributed by atoms with Crippen LogP contribution in [-0.4, -0.2) is 19.1 Å².